The lowest BCUT2D eigenvalue weighted by molar-refractivity contribution is -0.140. The van der Waals surface area contributed by atoms with E-state index < -0.39 is 5.97 Å². The van der Waals surface area contributed by atoms with Crippen LogP contribution in [-0.2, 0) is 20.9 Å². The first-order valence-electron chi connectivity index (χ1n) is 12.4. The van der Waals surface area contributed by atoms with Crippen molar-refractivity contribution in [2.45, 2.75) is 53.2 Å². The predicted molar refractivity (Wildman–Crippen MR) is 142 cm³/mol. The molecule has 1 atom stereocenters. The molecule has 1 unspecified atom stereocenters. The number of carbonyl (C=O) groups excluding carboxylic acids is 2. The first-order chi connectivity index (χ1) is 17.4. The van der Waals surface area contributed by atoms with E-state index in [0.717, 1.165) is 64.5 Å². The normalized spacial score (nSPS) is 16.1. The monoisotopic (exact) mass is 482 g/mol. The second kappa shape index (κ2) is 9.70. The minimum Gasteiger partial charge on any atom is -0.374 e. The molecule has 3 aromatic carbocycles. The van der Waals surface area contributed by atoms with Gasteiger partial charge >= 0.3 is 5.97 Å². The summed E-state index contributed by atoms with van der Waals surface area (Å²) in [6.45, 7) is 8.83. The molecule has 6 heteroatoms. The summed E-state index contributed by atoms with van der Waals surface area (Å²) in [5.74, 6) is -0.449. The van der Waals surface area contributed by atoms with E-state index in [4.69, 9.17) is 9.57 Å². The fraction of sp³-hybridized carbons (Fsp3) is 0.300. The van der Waals surface area contributed by atoms with Crippen LogP contribution in [0.1, 0.15) is 72.3 Å². The van der Waals surface area contributed by atoms with E-state index >= 15 is 0 Å². The van der Waals surface area contributed by atoms with Crippen LogP contribution in [0.5, 0.6) is 0 Å². The average Bonchev–Trinajstić information content (AvgIpc) is 3.52. The van der Waals surface area contributed by atoms with Gasteiger partial charge in [-0.05, 0) is 80.6 Å². The summed E-state index contributed by atoms with van der Waals surface area (Å²) in [7, 11) is 0. The Bertz CT molecular complexity index is 1520. The second-order valence-corrected chi connectivity index (χ2v) is 9.37. The van der Waals surface area contributed by atoms with Gasteiger partial charge in [-0.2, -0.15) is 0 Å². The van der Waals surface area contributed by atoms with Crippen molar-refractivity contribution in [3.63, 3.8) is 0 Å². The van der Waals surface area contributed by atoms with E-state index in [9.17, 15) is 9.59 Å². The van der Waals surface area contributed by atoms with Crippen molar-refractivity contribution in [3.05, 3.63) is 82.4 Å². The summed E-state index contributed by atoms with van der Waals surface area (Å²) in [4.78, 5) is 29.6. The van der Waals surface area contributed by atoms with Gasteiger partial charge < -0.3 is 14.1 Å². The standard InChI is InChI=1S/C30H30N2O4/c1-5-32-27-12-9-21(19(3)31-36-20(4)33)16-25(27)26-17-23(10-13-28(26)32)30(34)24-11-8-22(15-18(24)2)29-7-6-14-35-29/h8-13,15-17,29H,5-7,14H2,1-4H3/b31-19+. The second-order valence-electron chi connectivity index (χ2n) is 9.37. The maximum absolute atomic E-state index is 13.6. The quantitative estimate of drug-likeness (QED) is 0.136. The zero-order chi connectivity index (χ0) is 25.4. The van der Waals surface area contributed by atoms with E-state index in [1.165, 1.54) is 6.92 Å². The lowest BCUT2D eigenvalue weighted by Gasteiger charge is -2.13. The predicted octanol–water partition coefficient (Wildman–Crippen LogP) is 6.49. The topological polar surface area (TPSA) is 69.9 Å². The van der Waals surface area contributed by atoms with E-state index in [1.54, 1.807) is 6.92 Å². The molecule has 36 heavy (non-hydrogen) atoms. The molecule has 1 aromatic heterocycles. The summed E-state index contributed by atoms with van der Waals surface area (Å²) in [5, 5.41) is 5.97. The number of ether oxygens (including phenoxy) is 1. The molecule has 1 saturated heterocycles. The molecular weight excluding hydrogens is 452 g/mol. The molecule has 0 saturated carbocycles. The van der Waals surface area contributed by atoms with Crippen molar-refractivity contribution in [1.29, 1.82) is 0 Å². The molecule has 1 aliphatic rings. The first kappa shape index (κ1) is 23.9. The Balaban J connectivity index is 1.56. The Kier molecular flexibility index (Phi) is 6.46. The molecule has 1 fully saturated rings. The minimum atomic E-state index is -0.458. The van der Waals surface area contributed by atoms with Gasteiger partial charge in [-0.1, -0.05) is 29.4 Å². The molecule has 0 amide bonds. The van der Waals surface area contributed by atoms with Gasteiger partial charge in [0.2, 0.25) is 0 Å². The smallest absolute Gasteiger partial charge is 0.331 e. The number of oxime groups is 1. The van der Waals surface area contributed by atoms with Crippen LogP contribution >= 0.6 is 0 Å². The van der Waals surface area contributed by atoms with Crippen LogP contribution in [0.4, 0.5) is 0 Å². The Hall–Kier alpha value is -3.77. The zero-order valence-electron chi connectivity index (χ0n) is 21.1. The third kappa shape index (κ3) is 4.33. The van der Waals surface area contributed by atoms with Crippen molar-refractivity contribution in [2.75, 3.05) is 6.61 Å². The number of aromatic nitrogens is 1. The maximum Gasteiger partial charge on any atom is 0.331 e. The van der Waals surface area contributed by atoms with E-state index in [0.29, 0.717) is 16.8 Å². The van der Waals surface area contributed by atoms with Gasteiger partial charge in [0.05, 0.1) is 11.8 Å². The van der Waals surface area contributed by atoms with Crippen LogP contribution < -0.4 is 0 Å². The van der Waals surface area contributed by atoms with Crippen molar-refractivity contribution >= 4 is 39.3 Å². The number of benzene rings is 3. The molecule has 4 aromatic rings. The van der Waals surface area contributed by atoms with Crippen LogP contribution in [0, 0.1) is 6.92 Å². The van der Waals surface area contributed by atoms with Crippen LogP contribution in [0.3, 0.4) is 0 Å². The molecule has 1 aliphatic heterocycles. The molecule has 0 aliphatic carbocycles. The number of nitrogens with zero attached hydrogens (tertiary/aromatic N) is 2. The summed E-state index contributed by atoms with van der Waals surface area (Å²) >= 11 is 0. The molecule has 0 N–H and O–H groups in total. The van der Waals surface area contributed by atoms with Gasteiger partial charge in [0.1, 0.15) is 0 Å². The summed E-state index contributed by atoms with van der Waals surface area (Å²) in [5.41, 5.74) is 7.08. The maximum atomic E-state index is 13.6. The molecule has 0 bridgehead atoms. The Labute approximate surface area is 210 Å². The van der Waals surface area contributed by atoms with Gasteiger partial charge in [-0.3, -0.25) is 4.79 Å². The van der Waals surface area contributed by atoms with Gasteiger partial charge in [0.15, 0.2) is 5.78 Å². The fourth-order valence-corrected chi connectivity index (χ4v) is 5.13. The molecule has 2 heterocycles. The highest BCUT2D eigenvalue weighted by atomic mass is 16.7. The van der Waals surface area contributed by atoms with Gasteiger partial charge in [0.25, 0.3) is 0 Å². The number of ketones is 1. The van der Waals surface area contributed by atoms with E-state index in [-0.39, 0.29) is 11.9 Å². The Morgan fingerprint density at radius 2 is 1.69 bits per heavy atom. The number of rotatable bonds is 6. The third-order valence-electron chi connectivity index (χ3n) is 6.97. The Morgan fingerprint density at radius 3 is 2.31 bits per heavy atom. The minimum absolute atomic E-state index is 0.00875. The van der Waals surface area contributed by atoms with Crippen molar-refractivity contribution < 1.29 is 19.2 Å². The van der Waals surface area contributed by atoms with Crippen LogP contribution in [0.2, 0.25) is 0 Å². The number of hydrogen-bond acceptors (Lipinski definition) is 5. The molecule has 184 valence electrons. The first-order valence-corrected chi connectivity index (χ1v) is 12.4. The molecule has 0 spiro atoms. The number of carbonyl (C=O) groups is 2. The molecule has 0 radical (unpaired) electrons. The largest absolute Gasteiger partial charge is 0.374 e. The van der Waals surface area contributed by atoms with E-state index in [2.05, 4.69) is 28.8 Å². The number of aryl methyl sites for hydroxylation is 2. The number of hydrogen-bond donors (Lipinski definition) is 0. The van der Waals surface area contributed by atoms with Crippen molar-refractivity contribution in [1.82, 2.24) is 4.57 Å². The molecular formula is C30H30N2O4. The third-order valence-corrected chi connectivity index (χ3v) is 6.97. The highest BCUT2D eigenvalue weighted by Crippen LogP contribution is 2.33. The lowest BCUT2D eigenvalue weighted by atomic mass is 9.94. The van der Waals surface area contributed by atoms with Gasteiger partial charge in [-0.25, -0.2) is 4.79 Å². The zero-order valence-corrected chi connectivity index (χ0v) is 21.1. The van der Waals surface area contributed by atoms with Gasteiger partial charge in [0, 0.05) is 53.0 Å². The van der Waals surface area contributed by atoms with Crippen LogP contribution in [0.25, 0.3) is 21.8 Å². The summed E-state index contributed by atoms with van der Waals surface area (Å²) in [6, 6.07) is 18.0. The fourth-order valence-electron chi connectivity index (χ4n) is 5.13. The highest BCUT2D eigenvalue weighted by molar-refractivity contribution is 6.16. The van der Waals surface area contributed by atoms with Crippen molar-refractivity contribution in [3.8, 4) is 0 Å². The number of fused-ring (bicyclic) bond motifs is 3. The molecule has 5 rings (SSSR count). The van der Waals surface area contributed by atoms with Crippen LogP contribution in [-0.4, -0.2) is 28.6 Å². The summed E-state index contributed by atoms with van der Waals surface area (Å²) in [6.07, 6.45) is 2.23. The summed E-state index contributed by atoms with van der Waals surface area (Å²) < 4.78 is 8.05. The van der Waals surface area contributed by atoms with Crippen molar-refractivity contribution in [2.24, 2.45) is 5.16 Å². The molecule has 6 nitrogen and oxygen atoms in total. The SMILES string of the molecule is CCn1c2ccc(C(=O)c3ccc(C4CCCO4)cc3C)cc2c2cc(/C(C)=N/OC(C)=O)ccc21. The average molecular weight is 483 g/mol. The Morgan fingerprint density at radius 1 is 1.00 bits per heavy atom. The van der Waals surface area contributed by atoms with Gasteiger partial charge in [-0.15, -0.1) is 0 Å². The van der Waals surface area contributed by atoms with Crippen LogP contribution in [0.15, 0.2) is 59.8 Å². The highest BCUT2D eigenvalue weighted by Gasteiger charge is 2.20. The van der Waals surface area contributed by atoms with E-state index in [1.807, 2.05) is 49.4 Å². The lowest BCUT2D eigenvalue weighted by Crippen LogP contribution is -2.05.